The molecule has 0 saturated carbocycles. The highest BCUT2D eigenvalue weighted by Crippen LogP contribution is 2.22. The summed E-state index contributed by atoms with van der Waals surface area (Å²) in [5.74, 6) is 0.0786. The number of halogens is 1. The van der Waals surface area contributed by atoms with Crippen molar-refractivity contribution in [3.05, 3.63) is 21.3 Å². The number of hydrogen-bond acceptors (Lipinski definition) is 4. The summed E-state index contributed by atoms with van der Waals surface area (Å²) in [4.78, 5) is 15.1. The van der Waals surface area contributed by atoms with Gasteiger partial charge in [0.15, 0.2) is 0 Å². The molecule has 0 aromatic carbocycles. The van der Waals surface area contributed by atoms with Crippen LogP contribution in [-0.2, 0) is 21.2 Å². The van der Waals surface area contributed by atoms with Gasteiger partial charge in [-0.3, -0.25) is 4.79 Å². The number of aryl methyl sites for hydroxylation is 1. The van der Waals surface area contributed by atoms with E-state index in [1.165, 1.54) is 21.9 Å². The molecule has 0 radical (unpaired) electrons. The summed E-state index contributed by atoms with van der Waals surface area (Å²) in [5, 5.41) is 0. The Labute approximate surface area is 134 Å². The van der Waals surface area contributed by atoms with E-state index in [-0.39, 0.29) is 5.91 Å². The normalized spacial score (nSPS) is 17.7. The zero-order valence-corrected chi connectivity index (χ0v) is 14.3. The van der Waals surface area contributed by atoms with Gasteiger partial charge in [0.25, 0.3) is 0 Å². The molecule has 1 aromatic heterocycles. The van der Waals surface area contributed by atoms with Crippen molar-refractivity contribution >= 4 is 38.9 Å². The summed E-state index contributed by atoms with van der Waals surface area (Å²) >= 11 is 7.36. The van der Waals surface area contributed by atoms with Crippen molar-refractivity contribution in [2.24, 2.45) is 0 Å². The Balaban J connectivity index is 1.85. The molecule has 0 N–H and O–H groups in total. The van der Waals surface area contributed by atoms with Crippen molar-refractivity contribution in [2.45, 2.75) is 19.3 Å². The van der Waals surface area contributed by atoms with E-state index >= 15 is 0 Å². The third-order valence-electron chi connectivity index (χ3n) is 3.49. The highest BCUT2D eigenvalue weighted by molar-refractivity contribution is 7.88. The molecule has 1 aromatic rings. The van der Waals surface area contributed by atoms with Crippen molar-refractivity contribution in [3.63, 3.8) is 0 Å². The molecule has 0 bridgehead atoms. The molecular formula is C13H19ClN2O3S2. The Morgan fingerprint density at radius 3 is 2.67 bits per heavy atom. The summed E-state index contributed by atoms with van der Waals surface area (Å²) in [6.07, 6.45) is 3.02. The smallest absolute Gasteiger partial charge is 0.222 e. The lowest BCUT2D eigenvalue weighted by atomic mass is 10.2. The SMILES string of the molecule is CS(=O)(=O)N1CCCN(C(=O)CCc2ccc(Cl)s2)CC1. The highest BCUT2D eigenvalue weighted by Gasteiger charge is 2.23. The minimum absolute atomic E-state index is 0.0786. The van der Waals surface area contributed by atoms with Crippen molar-refractivity contribution in [1.82, 2.24) is 9.21 Å². The first-order valence-corrected chi connectivity index (χ1v) is 9.87. The fourth-order valence-corrected chi connectivity index (χ4v) is 4.31. The highest BCUT2D eigenvalue weighted by atomic mass is 35.5. The number of hydrogen-bond donors (Lipinski definition) is 0. The molecule has 1 amide bonds. The average molecular weight is 351 g/mol. The quantitative estimate of drug-likeness (QED) is 0.832. The molecule has 1 aliphatic rings. The summed E-state index contributed by atoms with van der Waals surface area (Å²) in [6.45, 7) is 1.96. The van der Waals surface area contributed by atoms with Gasteiger partial charge in [0.1, 0.15) is 0 Å². The van der Waals surface area contributed by atoms with Crippen LogP contribution in [0.3, 0.4) is 0 Å². The zero-order chi connectivity index (χ0) is 15.5. The molecule has 8 heteroatoms. The van der Waals surface area contributed by atoms with E-state index < -0.39 is 10.0 Å². The number of nitrogens with zero attached hydrogens (tertiary/aromatic N) is 2. The van der Waals surface area contributed by atoms with Crippen LogP contribution in [0.2, 0.25) is 4.34 Å². The van der Waals surface area contributed by atoms with Crippen molar-refractivity contribution in [1.29, 1.82) is 0 Å². The van der Waals surface area contributed by atoms with Crippen LogP contribution in [0.5, 0.6) is 0 Å². The van der Waals surface area contributed by atoms with Gasteiger partial charge >= 0.3 is 0 Å². The van der Waals surface area contributed by atoms with Crippen molar-refractivity contribution in [2.75, 3.05) is 32.4 Å². The maximum atomic E-state index is 12.2. The van der Waals surface area contributed by atoms with E-state index in [1.807, 2.05) is 12.1 Å². The average Bonchev–Trinajstić information content (AvgIpc) is 2.66. The first-order chi connectivity index (χ1) is 9.86. The van der Waals surface area contributed by atoms with Gasteiger partial charge in [0, 0.05) is 37.5 Å². The van der Waals surface area contributed by atoms with Crippen LogP contribution in [-0.4, -0.2) is 56.0 Å². The van der Waals surface area contributed by atoms with Crippen LogP contribution < -0.4 is 0 Å². The van der Waals surface area contributed by atoms with Crippen LogP contribution in [0.15, 0.2) is 12.1 Å². The first-order valence-electron chi connectivity index (χ1n) is 6.83. The van der Waals surface area contributed by atoms with E-state index in [2.05, 4.69) is 0 Å². The van der Waals surface area contributed by atoms with E-state index in [1.54, 1.807) is 4.90 Å². The second-order valence-electron chi connectivity index (χ2n) is 5.10. The Morgan fingerprint density at radius 2 is 2.05 bits per heavy atom. The van der Waals surface area contributed by atoms with E-state index in [0.717, 1.165) is 9.21 Å². The maximum Gasteiger partial charge on any atom is 0.222 e. The number of carbonyl (C=O) groups is 1. The second kappa shape index (κ2) is 7.09. The summed E-state index contributed by atoms with van der Waals surface area (Å²) in [7, 11) is -3.17. The topological polar surface area (TPSA) is 57.7 Å². The Kier molecular flexibility index (Phi) is 5.65. The molecule has 5 nitrogen and oxygen atoms in total. The molecule has 1 saturated heterocycles. The van der Waals surface area contributed by atoms with Gasteiger partial charge in [-0.2, -0.15) is 0 Å². The third kappa shape index (κ3) is 4.95. The zero-order valence-electron chi connectivity index (χ0n) is 11.9. The number of amides is 1. The van der Waals surface area contributed by atoms with E-state index in [4.69, 9.17) is 11.6 Å². The van der Waals surface area contributed by atoms with Gasteiger partial charge in [0.05, 0.1) is 10.6 Å². The van der Waals surface area contributed by atoms with Gasteiger partial charge in [-0.1, -0.05) is 11.6 Å². The summed E-state index contributed by atoms with van der Waals surface area (Å²) in [6, 6.07) is 3.77. The predicted octanol–water partition coefficient (Wildman–Crippen LogP) is 1.83. The van der Waals surface area contributed by atoms with Crippen LogP contribution in [0.25, 0.3) is 0 Å². The lowest BCUT2D eigenvalue weighted by Crippen LogP contribution is -2.37. The molecule has 0 atom stereocenters. The fraction of sp³-hybridized carbons (Fsp3) is 0.615. The van der Waals surface area contributed by atoms with E-state index in [9.17, 15) is 13.2 Å². The minimum atomic E-state index is -3.17. The Bertz CT molecular complexity index is 600. The van der Waals surface area contributed by atoms with Gasteiger partial charge in [0.2, 0.25) is 15.9 Å². The van der Waals surface area contributed by atoms with Crippen LogP contribution >= 0.6 is 22.9 Å². The molecule has 0 spiro atoms. The van der Waals surface area contributed by atoms with Crippen molar-refractivity contribution < 1.29 is 13.2 Å². The molecule has 1 aliphatic heterocycles. The number of thiophene rings is 1. The molecule has 2 heterocycles. The molecular weight excluding hydrogens is 332 g/mol. The first kappa shape index (κ1) is 16.7. The Hall–Kier alpha value is -0.630. The predicted molar refractivity (Wildman–Crippen MR) is 85.3 cm³/mol. The lowest BCUT2D eigenvalue weighted by Gasteiger charge is -2.21. The lowest BCUT2D eigenvalue weighted by molar-refractivity contribution is -0.131. The minimum Gasteiger partial charge on any atom is -0.341 e. The molecule has 118 valence electrons. The van der Waals surface area contributed by atoms with Gasteiger partial charge in [-0.25, -0.2) is 12.7 Å². The van der Waals surface area contributed by atoms with Gasteiger partial charge in [-0.15, -0.1) is 11.3 Å². The molecule has 1 fully saturated rings. The Morgan fingerprint density at radius 1 is 1.29 bits per heavy atom. The second-order valence-corrected chi connectivity index (χ2v) is 8.88. The largest absolute Gasteiger partial charge is 0.341 e. The summed E-state index contributed by atoms with van der Waals surface area (Å²) in [5.41, 5.74) is 0. The van der Waals surface area contributed by atoms with Crippen LogP contribution in [0.1, 0.15) is 17.7 Å². The number of carbonyl (C=O) groups excluding carboxylic acids is 1. The third-order valence-corrected chi connectivity index (χ3v) is 6.08. The summed E-state index contributed by atoms with van der Waals surface area (Å²) < 4.78 is 25.3. The molecule has 0 unspecified atom stereocenters. The van der Waals surface area contributed by atoms with Crippen LogP contribution in [0, 0.1) is 0 Å². The standard InChI is InChI=1S/C13H19ClN2O3S2/c1-21(18,19)16-8-2-7-15(9-10-16)13(17)6-4-11-3-5-12(14)20-11/h3,5H,2,4,6-10H2,1H3. The maximum absolute atomic E-state index is 12.2. The molecule has 2 rings (SSSR count). The van der Waals surface area contributed by atoms with Gasteiger partial charge in [-0.05, 0) is 25.0 Å². The molecule has 0 aliphatic carbocycles. The van der Waals surface area contributed by atoms with Crippen molar-refractivity contribution in [3.8, 4) is 0 Å². The molecule has 21 heavy (non-hydrogen) atoms. The monoisotopic (exact) mass is 350 g/mol. The van der Waals surface area contributed by atoms with Crippen LogP contribution in [0.4, 0.5) is 0 Å². The van der Waals surface area contributed by atoms with Gasteiger partial charge < -0.3 is 4.90 Å². The number of sulfonamides is 1. The fourth-order valence-electron chi connectivity index (χ4n) is 2.35. The number of rotatable bonds is 4. The van der Waals surface area contributed by atoms with E-state index in [0.29, 0.717) is 45.4 Å².